The van der Waals surface area contributed by atoms with E-state index in [9.17, 15) is 13.6 Å². The van der Waals surface area contributed by atoms with Crippen molar-refractivity contribution in [1.29, 1.82) is 0 Å². The molecule has 0 bridgehead atoms. The monoisotopic (exact) mass is 373 g/mol. The first-order chi connectivity index (χ1) is 12.7. The Hall–Kier alpha value is -2.76. The van der Waals surface area contributed by atoms with Crippen molar-refractivity contribution in [2.45, 2.75) is 20.8 Å². The summed E-state index contributed by atoms with van der Waals surface area (Å²) in [5.74, 6) is -1.59. The predicted molar refractivity (Wildman–Crippen MR) is 106 cm³/mol. The molecule has 2 rings (SSSR count). The molecule has 0 N–H and O–H groups in total. The van der Waals surface area contributed by atoms with E-state index < -0.39 is 11.6 Å². The molecule has 0 aliphatic carbocycles. The number of hydrogen-bond acceptors (Lipinski definition) is 3. The van der Waals surface area contributed by atoms with Gasteiger partial charge in [-0.1, -0.05) is 6.07 Å². The Balaban J connectivity index is 2.24. The lowest BCUT2D eigenvalue weighted by Crippen LogP contribution is -2.27. The summed E-state index contributed by atoms with van der Waals surface area (Å²) in [5.41, 5.74) is 2.75. The van der Waals surface area contributed by atoms with E-state index in [0.29, 0.717) is 5.56 Å². The van der Waals surface area contributed by atoms with Crippen LogP contribution in [0.2, 0.25) is 0 Å². The molecule has 0 fully saturated rings. The quantitative estimate of drug-likeness (QED) is 0.407. The van der Waals surface area contributed by atoms with Crippen molar-refractivity contribution in [3.8, 4) is 0 Å². The highest BCUT2D eigenvalue weighted by Gasteiger charge is 2.18. The first-order valence-corrected chi connectivity index (χ1v) is 8.78. The topological polar surface area (TPSA) is 35.9 Å². The molecule has 0 radical (unpaired) electrons. The SMILES string of the molecule is CCN(C)C=Nc1cc(C)c(C(=O)CN(C)c2c(F)cccc2F)cc1C. The molecular weight excluding hydrogens is 348 g/mol. The first kappa shape index (κ1) is 20.6. The van der Waals surface area contributed by atoms with Crippen molar-refractivity contribution in [2.75, 3.05) is 32.1 Å². The third kappa shape index (κ3) is 4.90. The zero-order chi connectivity index (χ0) is 20.1. The summed E-state index contributed by atoms with van der Waals surface area (Å²) < 4.78 is 27.8. The van der Waals surface area contributed by atoms with E-state index in [2.05, 4.69) is 4.99 Å². The lowest BCUT2D eigenvalue weighted by atomic mass is 10.00. The summed E-state index contributed by atoms with van der Waals surface area (Å²) in [6.45, 7) is 6.46. The van der Waals surface area contributed by atoms with E-state index in [0.717, 1.165) is 23.4 Å². The van der Waals surface area contributed by atoms with Crippen LogP contribution < -0.4 is 4.90 Å². The summed E-state index contributed by atoms with van der Waals surface area (Å²) in [4.78, 5) is 20.4. The zero-order valence-corrected chi connectivity index (χ0v) is 16.4. The molecule has 0 spiro atoms. The number of aliphatic imine (C=N–C) groups is 1. The molecule has 0 aromatic heterocycles. The van der Waals surface area contributed by atoms with E-state index in [4.69, 9.17) is 0 Å². The summed E-state index contributed by atoms with van der Waals surface area (Å²) in [7, 11) is 3.43. The summed E-state index contributed by atoms with van der Waals surface area (Å²) in [5, 5.41) is 0. The van der Waals surface area contributed by atoms with Gasteiger partial charge in [-0.2, -0.15) is 0 Å². The largest absolute Gasteiger partial charge is 0.366 e. The Labute approximate surface area is 159 Å². The highest BCUT2D eigenvalue weighted by Crippen LogP contribution is 2.25. The number of Topliss-reactive ketones (excluding diaryl/α,β-unsaturated/α-hetero) is 1. The molecule has 0 aliphatic heterocycles. The minimum atomic E-state index is -0.692. The van der Waals surface area contributed by atoms with Crippen molar-refractivity contribution < 1.29 is 13.6 Å². The number of rotatable bonds is 7. The maximum absolute atomic E-state index is 13.9. The molecule has 2 aromatic rings. The van der Waals surface area contributed by atoms with Crippen LogP contribution in [0.5, 0.6) is 0 Å². The van der Waals surface area contributed by atoms with E-state index in [1.807, 2.05) is 38.8 Å². The van der Waals surface area contributed by atoms with Gasteiger partial charge in [0.2, 0.25) is 0 Å². The molecule has 0 atom stereocenters. The van der Waals surface area contributed by atoms with E-state index in [1.165, 1.54) is 30.1 Å². The third-order valence-corrected chi connectivity index (χ3v) is 4.44. The standard InChI is InChI=1S/C21H25F2N3O/c1-6-25(4)13-24-19-11-14(2)16(10-15(19)3)20(27)12-26(5)21-17(22)8-7-9-18(21)23/h7-11,13H,6,12H2,1-5H3. The van der Waals surface area contributed by atoms with Crippen LogP contribution in [0.15, 0.2) is 35.3 Å². The molecule has 0 unspecified atom stereocenters. The number of nitrogens with zero attached hydrogens (tertiary/aromatic N) is 3. The molecule has 0 saturated carbocycles. The fourth-order valence-electron chi connectivity index (χ4n) is 2.72. The van der Waals surface area contributed by atoms with Gasteiger partial charge in [-0.05, 0) is 56.2 Å². The van der Waals surface area contributed by atoms with E-state index in [1.54, 1.807) is 12.4 Å². The smallest absolute Gasteiger partial charge is 0.182 e. The highest BCUT2D eigenvalue weighted by atomic mass is 19.1. The fraction of sp³-hybridized carbons (Fsp3) is 0.333. The van der Waals surface area contributed by atoms with Crippen molar-refractivity contribution in [3.63, 3.8) is 0 Å². The number of halogens is 2. The lowest BCUT2D eigenvalue weighted by Gasteiger charge is -2.20. The second kappa shape index (κ2) is 8.75. The van der Waals surface area contributed by atoms with Gasteiger partial charge in [0.1, 0.15) is 17.3 Å². The van der Waals surface area contributed by atoms with Crippen LogP contribution >= 0.6 is 0 Å². The van der Waals surface area contributed by atoms with Gasteiger partial charge in [-0.25, -0.2) is 13.8 Å². The van der Waals surface area contributed by atoms with Gasteiger partial charge in [-0.15, -0.1) is 0 Å². The molecule has 2 aromatic carbocycles. The average molecular weight is 373 g/mol. The van der Waals surface area contributed by atoms with Gasteiger partial charge in [0.15, 0.2) is 5.78 Å². The van der Waals surface area contributed by atoms with Gasteiger partial charge in [0.25, 0.3) is 0 Å². The number of benzene rings is 2. The molecule has 6 heteroatoms. The van der Waals surface area contributed by atoms with Gasteiger partial charge >= 0.3 is 0 Å². The molecule has 27 heavy (non-hydrogen) atoms. The van der Waals surface area contributed by atoms with Crippen molar-refractivity contribution in [2.24, 2.45) is 4.99 Å². The molecular formula is C21H25F2N3O. The molecule has 0 heterocycles. The molecule has 0 aliphatic rings. The second-order valence-electron chi connectivity index (χ2n) is 6.62. The number of hydrogen-bond donors (Lipinski definition) is 0. The van der Waals surface area contributed by atoms with E-state index >= 15 is 0 Å². The Morgan fingerprint density at radius 1 is 1.11 bits per heavy atom. The summed E-state index contributed by atoms with van der Waals surface area (Å²) >= 11 is 0. The minimum absolute atomic E-state index is 0.126. The highest BCUT2D eigenvalue weighted by molar-refractivity contribution is 6.01. The number of carbonyl (C=O) groups is 1. The van der Waals surface area contributed by atoms with E-state index in [-0.39, 0.29) is 18.0 Å². The maximum Gasteiger partial charge on any atom is 0.182 e. The summed E-state index contributed by atoms with van der Waals surface area (Å²) in [6, 6.07) is 7.28. The van der Waals surface area contributed by atoms with Crippen LogP contribution in [0.1, 0.15) is 28.4 Å². The number of ketones is 1. The second-order valence-corrected chi connectivity index (χ2v) is 6.62. The Kier molecular flexibility index (Phi) is 6.66. The lowest BCUT2D eigenvalue weighted by molar-refractivity contribution is 0.0999. The molecule has 4 nitrogen and oxygen atoms in total. The van der Waals surface area contributed by atoms with Gasteiger partial charge < -0.3 is 9.80 Å². The number of para-hydroxylation sites is 1. The van der Waals surface area contributed by atoms with Crippen molar-refractivity contribution in [3.05, 3.63) is 58.7 Å². The normalized spacial score (nSPS) is 11.1. The number of carbonyl (C=O) groups excluding carboxylic acids is 1. The molecule has 0 amide bonds. The van der Waals surface area contributed by atoms with Crippen LogP contribution in [-0.2, 0) is 0 Å². The Bertz CT molecular complexity index is 844. The van der Waals surface area contributed by atoms with Crippen LogP contribution in [0, 0.1) is 25.5 Å². The number of anilines is 1. The zero-order valence-electron chi connectivity index (χ0n) is 16.4. The van der Waals surface area contributed by atoms with Crippen LogP contribution in [-0.4, -0.2) is 44.2 Å². The average Bonchev–Trinajstić information content (AvgIpc) is 2.61. The van der Waals surface area contributed by atoms with Gasteiger partial charge in [-0.3, -0.25) is 4.79 Å². The maximum atomic E-state index is 13.9. The van der Waals surface area contributed by atoms with Gasteiger partial charge in [0.05, 0.1) is 18.6 Å². The number of aryl methyl sites for hydroxylation is 2. The molecule has 0 saturated heterocycles. The fourth-order valence-corrected chi connectivity index (χ4v) is 2.72. The molecule has 144 valence electrons. The summed E-state index contributed by atoms with van der Waals surface area (Å²) in [6.07, 6.45) is 1.75. The van der Waals surface area contributed by atoms with Crippen LogP contribution in [0.4, 0.5) is 20.2 Å². The van der Waals surface area contributed by atoms with Crippen molar-refractivity contribution in [1.82, 2.24) is 4.90 Å². The number of likely N-dealkylation sites (N-methyl/N-ethyl adjacent to an activating group) is 1. The van der Waals surface area contributed by atoms with Crippen molar-refractivity contribution >= 4 is 23.5 Å². The van der Waals surface area contributed by atoms with Crippen LogP contribution in [0.3, 0.4) is 0 Å². The minimum Gasteiger partial charge on any atom is -0.366 e. The third-order valence-electron chi connectivity index (χ3n) is 4.44. The Morgan fingerprint density at radius 3 is 2.33 bits per heavy atom. The van der Waals surface area contributed by atoms with Gasteiger partial charge in [0, 0.05) is 26.2 Å². The predicted octanol–water partition coefficient (Wildman–Crippen LogP) is 4.51. The Morgan fingerprint density at radius 2 is 1.74 bits per heavy atom. The first-order valence-electron chi connectivity index (χ1n) is 8.78. The van der Waals surface area contributed by atoms with Crippen LogP contribution in [0.25, 0.3) is 0 Å².